The molecule has 2 aliphatic heterocycles. The second-order valence-electron chi connectivity index (χ2n) is 21.1. The molecule has 2 N–H and O–H groups in total. The number of aromatic nitrogens is 3. The van der Waals surface area contributed by atoms with Crippen molar-refractivity contribution in [3.63, 3.8) is 0 Å². The molecule has 4 bridgehead atoms. The van der Waals surface area contributed by atoms with E-state index in [4.69, 9.17) is 9.72 Å². The number of fused-ring (bicyclic) bond motifs is 1. The van der Waals surface area contributed by atoms with Gasteiger partial charge in [-0.05, 0) is 131 Å². The molecule has 5 saturated carbocycles. The maximum Gasteiger partial charge on any atom is 0.252 e. The molecule has 10 rings (SSSR count). The summed E-state index contributed by atoms with van der Waals surface area (Å²) in [6.07, 6.45) is 27.5. The van der Waals surface area contributed by atoms with E-state index < -0.39 is 0 Å². The minimum atomic E-state index is -0.126. The molecule has 4 heterocycles. The van der Waals surface area contributed by atoms with Gasteiger partial charge in [0.25, 0.3) is 5.56 Å². The van der Waals surface area contributed by atoms with E-state index in [-0.39, 0.29) is 23.4 Å². The number of carbonyl (C=O) groups excluding carboxylic acids is 2. The van der Waals surface area contributed by atoms with Gasteiger partial charge in [-0.2, -0.15) is 4.98 Å². The minimum Gasteiger partial charge on any atom is -0.494 e. The Kier molecular flexibility index (Phi) is 14.4. The quantitative estimate of drug-likeness (QED) is 0.101. The highest BCUT2D eigenvalue weighted by atomic mass is 16.5. The Morgan fingerprint density at radius 2 is 1.50 bits per heavy atom. The van der Waals surface area contributed by atoms with Gasteiger partial charge in [0.1, 0.15) is 11.4 Å². The Bertz CT molecular complexity index is 2110. The van der Waals surface area contributed by atoms with Crippen molar-refractivity contribution in [3.8, 4) is 5.75 Å². The van der Waals surface area contributed by atoms with Crippen molar-refractivity contribution in [1.82, 2.24) is 29.7 Å². The summed E-state index contributed by atoms with van der Waals surface area (Å²) >= 11 is 0. The number of piperazine rings is 1. The highest BCUT2D eigenvalue weighted by molar-refractivity contribution is 5.82. The summed E-state index contributed by atoms with van der Waals surface area (Å²) in [5.74, 6) is 4.60. The number of likely N-dealkylation sites (tertiary alicyclic amines) is 1. The van der Waals surface area contributed by atoms with Crippen LogP contribution < -0.4 is 25.8 Å². The predicted molar refractivity (Wildman–Crippen MR) is 255 cm³/mol. The lowest BCUT2D eigenvalue weighted by atomic mass is 9.49. The molecule has 2 amide bonds. The highest BCUT2D eigenvalue weighted by Crippen LogP contribution is 2.61. The highest BCUT2D eigenvalue weighted by Gasteiger charge is 2.51. The number of nitrogens with zero attached hydrogens (tertiary/aromatic N) is 6. The van der Waals surface area contributed by atoms with Gasteiger partial charge in [0.2, 0.25) is 17.8 Å². The number of nitrogens with one attached hydrogen (secondary N) is 2. The third kappa shape index (κ3) is 10.9. The van der Waals surface area contributed by atoms with Crippen LogP contribution in [0.25, 0.3) is 11.0 Å². The van der Waals surface area contributed by atoms with E-state index >= 15 is 0 Å². The first kappa shape index (κ1) is 45.0. The largest absolute Gasteiger partial charge is 0.494 e. The van der Waals surface area contributed by atoms with Crippen LogP contribution in [0.15, 0.2) is 35.3 Å². The number of pyridine rings is 1. The monoisotopic (exact) mass is 877 g/mol. The Hall–Kier alpha value is -4.19. The van der Waals surface area contributed by atoms with Crippen molar-refractivity contribution >= 4 is 40.2 Å². The number of methoxy groups -OCH3 is 1. The number of aryl methyl sites for hydroxylation is 1. The van der Waals surface area contributed by atoms with Gasteiger partial charge < -0.3 is 25.2 Å². The molecule has 64 heavy (non-hydrogen) atoms. The summed E-state index contributed by atoms with van der Waals surface area (Å²) in [4.78, 5) is 55.8. The zero-order valence-electron chi connectivity index (χ0n) is 39.1. The lowest BCUT2D eigenvalue weighted by molar-refractivity contribution is -0.134. The van der Waals surface area contributed by atoms with Crippen molar-refractivity contribution in [2.75, 3.05) is 69.7 Å². The van der Waals surface area contributed by atoms with E-state index in [1.165, 1.54) is 103 Å². The van der Waals surface area contributed by atoms with Crippen LogP contribution in [0.5, 0.6) is 5.75 Å². The first-order chi connectivity index (χ1) is 31.2. The van der Waals surface area contributed by atoms with Crippen molar-refractivity contribution in [1.29, 1.82) is 0 Å². The lowest BCUT2D eigenvalue weighted by Crippen LogP contribution is -2.48. The first-order valence-corrected chi connectivity index (χ1v) is 25.6. The van der Waals surface area contributed by atoms with E-state index in [9.17, 15) is 14.4 Å². The number of hydrogen-bond acceptors (Lipinski definition) is 9. The number of hydrogen-bond donors (Lipinski definition) is 2. The molecule has 7 aliphatic rings. The Balaban J connectivity index is 0.649. The zero-order chi connectivity index (χ0) is 44.0. The predicted octanol–water partition coefficient (Wildman–Crippen LogP) is 9.17. The molecular formula is C52H76N8O4. The summed E-state index contributed by atoms with van der Waals surface area (Å²) in [6.45, 7) is 9.36. The third-order valence-electron chi connectivity index (χ3n) is 16.1. The zero-order valence-corrected chi connectivity index (χ0v) is 39.1. The van der Waals surface area contributed by atoms with Crippen LogP contribution in [0.3, 0.4) is 0 Å². The van der Waals surface area contributed by atoms with E-state index in [0.717, 1.165) is 118 Å². The van der Waals surface area contributed by atoms with Crippen LogP contribution in [0.2, 0.25) is 0 Å². The van der Waals surface area contributed by atoms with Gasteiger partial charge in [-0.15, -0.1) is 0 Å². The molecule has 2 aromatic heterocycles. The number of rotatable bonds is 21. The fraction of sp³-hybridized carbons (Fsp3) is 0.712. The Labute approximate surface area is 381 Å². The van der Waals surface area contributed by atoms with E-state index in [0.29, 0.717) is 35.2 Å². The van der Waals surface area contributed by atoms with Crippen LogP contribution >= 0.6 is 0 Å². The fourth-order valence-corrected chi connectivity index (χ4v) is 13.0. The van der Waals surface area contributed by atoms with Gasteiger partial charge in [0, 0.05) is 87.6 Å². The topological polar surface area (TPSA) is 125 Å². The summed E-state index contributed by atoms with van der Waals surface area (Å²) in [5.41, 5.74) is 3.61. The van der Waals surface area contributed by atoms with Crippen LogP contribution in [0, 0.1) is 36.0 Å². The maximum absolute atomic E-state index is 13.5. The molecule has 0 radical (unpaired) electrons. The number of ether oxygens (including phenoxy) is 1. The van der Waals surface area contributed by atoms with Gasteiger partial charge in [0.15, 0.2) is 0 Å². The Morgan fingerprint density at radius 1 is 0.828 bits per heavy atom. The van der Waals surface area contributed by atoms with Gasteiger partial charge >= 0.3 is 0 Å². The number of unbranched alkanes of at least 4 members (excludes halogenated alkanes) is 9. The Morgan fingerprint density at radius 3 is 2.17 bits per heavy atom. The van der Waals surface area contributed by atoms with E-state index in [1.807, 2.05) is 17.9 Å². The van der Waals surface area contributed by atoms with E-state index in [2.05, 4.69) is 37.6 Å². The first-order valence-electron chi connectivity index (χ1n) is 25.6. The number of carbonyl (C=O) groups is 2. The summed E-state index contributed by atoms with van der Waals surface area (Å²) in [7, 11) is 1.69. The fourth-order valence-electron chi connectivity index (χ4n) is 13.0. The maximum atomic E-state index is 13.5. The average Bonchev–Trinajstić information content (AvgIpc) is 4.14. The molecule has 1 atom stereocenters. The molecule has 2 saturated heterocycles. The standard InChI is InChI=1S/C52H76N8O4/c1-37-26-48(62)60(43-14-13-21-59(36-43)50(63)41-15-16-41)49-44(37)35-54-51(56-49)55-45-18-17-42(30-46(45)64-2)58-24-22-57(23-25-58)20-12-10-8-6-4-3-5-7-9-11-19-53-47(61)34-52-31-38-27-39(32-52)29-40(28-38)33-52/h17-18,26,30,35,38-41,43H,3-16,19-25,27-29,31-34,36H2,1-2H3,(H,53,61)(H,54,55,56)/t38?,39?,40?,43-,52?/m0/s1. The molecule has 12 heteroatoms. The van der Waals surface area contributed by atoms with Crippen molar-refractivity contribution in [3.05, 3.63) is 46.4 Å². The molecule has 0 unspecified atom stereocenters. The van der Waals surface area contributed by atoms with Crippen molar-refractivity contribution < 1.29 is 14.3 Å². The smallest absolute Gasteiger partial charge is 0.252 e. The van der Waals surface area contributed by atoms with Gasteiger partial charge in [0.05, 0.1) is 18.8 Å². The molecule has 348 valence electrons. The van der Waals surface area contributed by atoms with E-state index in [1.54, 1.807) is 23.9 Å². The minimum absolute atomic E-state index is 0.0913. The normalized spacial score (nSPS) is 25.5. The summed E-state index contributed by atoms with van der Waals surface area (Å²) in [6, 6.07) is 7.80. The number of anilines is 3. The molecule has 3 aromatic rings. The molecule has 1 aromatic carbocycles. The van der Waals surface area contributed by atoms with Crippen LogP contribution in [-0.4, -0.2) is 95.6 Å². The lowest BCUT2D eigenvalue weighted by Gasteiger charge is -2.56. The molecule has 7 fully saturated rings. The molecular weight excluding hydrogens is 801 g/mol. The van der Waals surface area contributed by atoms with Gasteiger partial charge in [-0.3, -0.25) is 23.9 Å². The van der Waals surface area contributed by atoms with Crippen molar-refractivity contribution in [2.24, 2.45) is 29.1 Å². The second-order valence-corrected chi connectivity index (χ2v) is 21.1. The summed E-state index contributed by atoms with van der Waals surface area (Å²) < 4.78 is 7.67. The number of piperidine rings is 1. The molecule has 0 spiro atoms. The SMILES string of the molecule is COc1cc(N2CCN(CCCCCCCCCCCCNC(=O)CC34CC5CC(CC(C5)C3)C4)CC2)ccc1Nc1ncc2c(C)cc(=O)n([C@H]3CCCN(C(=O)C4CC4)C3)c2n1. The number of amides is 2. The summed E-state index contributed by atoms with van der Waals surface area (Å²) in [5, 5.41) is 7.51. The molecule has 5 aliphatic carbocycles. The van der Waals surface area contributed by atoms with Gasteiger partial charge in [-0.1, -0.05) is 51.4 Å². The molecule has 12 nitrogen and oxygen atoms in total. The van der Waals surface area contributed by atoms with Crippen LogP contribution in [0.4, 0.5) is 17.3 Å². The van der Waals surface area contributed by atoms with Crippen LogP contribution in [-0.2, 0) is 9.59 Å². The van der Waals surface area contributed by atoms with Gasteiger partial charge in [-0.25, -0.2) is 4.98 Å². The van der Waals surface area contributed by atoms with Crippen molar-refractivity contribution in [2.45, 2.75) is 148 Å². The second kappa shape index (κ2) is 20.5. The van der Waals surface area contributed by atoms with Crippen LogP contribution in [0.1, 0.15) is 146 Å². The average molecular weight is 877 g/mol. The number of benzene rings is 1. The third-order valence-corrected chi connectivity index (χ3v) is 16.1.